The van der Waals surface area contributed by atoms with Crippen molar-refractivity contribution in [3.63, 3.8) is 0 Å². The molecule has 0 saturated heterocycles. The first-order chi connectivity index (χ1) is 5.59. The first kappa shape index (κ1) is 9.45. The summed E-state index contributed by atoms with van der Waals surface area (Å²) in [7, 11) is 2.06. The van der Waals surface area contributed by atoms with Crippen molar-refractivity contribution in [3.05, 3.63) is 5.82 Å². The Hall–Kier alpha value is -0.640. The zero-order chi connectivity index (χ0) is 9.14. The zero-order valence-electron chi connectivity index (χ0n) is 8.03. The Labute approximate surface area is 77.6 Å². The third-order valence-corrected chi connectivity index (χ3v) is 2.40. The van der Waals surface area contributed by atoms with E-state index in [4.69, 9.17) is 0 Å². The monoisotopic (exact) mass is 185 g/mol. The van der Waals surface area contributed by atoms with Gasteiger partial charge in [-0.25, -0.2) is 4.98 Å². The lowest BCUT2D eigenvalue weighted by Crippen LogP contribution is -2.22. The summed E-state index contributed by atoms with van der Waals surface area (Å²) in [4.78, 5) is 6.45. The summed E-state index contributed by atoms with van der Waals surface area (Å²) in [5, 5.41) is 1.02. The summed E-state index contributed by atoms with van der Waals surface area (Å²) < 4.78 is 4.13. The molecule has 0 aliphatic carbocycles. The predicted molar refractivity (Wildman–Crippen MR) is 52.8 cm³/mol. The average Bonchev–Trinajstić information content (AvgIpc) is 2.34. The van der Waals surface area contributed by atoms with Gasteiger partial charge in [-0.2, -0.15) is 4.37 Å². The molecule has 0 aliphatic heterocycles. The van der Waals surface area contributed by atoms with Crippen molar-refractivity contribution in [1.29, 1.82) is 0 Å². The minimum absolute atomic E-state index is 0.666. The van der Waals surface area contributed by atoms with E-state index in [1.165, 1.54) is 11.5 Å². The second-order valence-corrected chi connectivity index (χ2v) is 4.13. The van der Waals surface area contributed by atoms with Crippen molar-refractivity contribution in [1.82, 2.24) is 9.36 Å². The molecule has 0 radical (unpaired) electrons. The quantitative estimate of drug-likeness (QED) is 0.720. The van der Waals surface area contributed by atoms with Crippen molar-refractivity contribution in [2.24, 2.45) is 5.92 Å². The largest absolute Gasteiger partial charge is 0.350 e. The summed E-state index contributed by atoms with van der Waals surface area (Å²) in [5.41, 5.74) is 0. The van der Waals surface area contributed by atoms with E-state index in [-0.39, 0.29) is 0 Å². The highest BCUT2D eigenvalue weighted by Gasteiger charge is 2.07. The molecule has 0 aromatic carbocycles. The van der Waals surface area contributed by atoms with Gasteiger partial charge >= 0.3 is 0 Å². The fraction of sp³-hybridized carbons (Fsp3) is 0.750. The van der Waals surface area contributed by atoms with E-state index in [0.29, 0.717) is 5.92 Å². The first-order valence-corrected chi connectivity index (χ1v) is 4.88. The van der Waals surface area contributed by atoms with Crippen LogP contribution in [0, 0.1) is 12.8 Å². The normalized spacial score (nSPS) is 10.8. The maximum absolute atomic E-state index is 4.30. The van der Waals surface area contributed by atoms with Crippen LogP contribution in [0.2, 0.25) is 0 Å². The van der Waals surface area contributed by atoms with Crippen molar-refractivity contribution >= 4 is 16.7 Å². The lowest BCUT2D eigenvalue weighted by Gasteiger charge is -2.16. The van der Waals surface area contributed by atoms with Crippen LogP contribution in [0.15, 0.2) is 0 Å². The molecule has 1 aromatic rings. The minimum Gasteiger partial charge on any atom is -0.350 e. The van der Waals surface area contributed by atoms with Gasteiger partial charge in [0.25, 0.3) is 0 Å². The SMILES string of the molecule is Cc1nsc(N(C)CC(C)C)n1. The molecule has 1 aromatic heterocycles. The molecule has 0 unspecified atom stereocenters. The van der Waals surface area contributed by atoms with Gasteiger partial charge in [-0.3, -0.25) is 0 Å². The maximum atomic E-state index is 4.30. The van der Waals surface area contributed by atoms with Crippen LogP contribution in [-0.4, -0.2) is 22.9 Å². The fourth-order valence-electron chi connectivity index (χ4n) is 1.07. The van der Waals surface area contributed by atoms with Crippen LogP contribution >= 0.6 is 11.5 Å². The molecule has 1 rings (SSSR count). The minimum atomic E-state index is 0.666. The van der Waals surface area contributed by atoms with E-state index in [2.05, 4.69) is 35.2 Å². The van der Waals surface area contributed by atoms with E-state index in [0.717, 1.165) is 17.5 Å². The van der Waals surface area contributed by atoms with Crippen LogP contribution < -0.4 is 4.90 Å². The van der Waals surface area contributed by atoms with Crippen molar-refractivity contribution in [2.75, 3.05) is 18.5 Å². The van der Waals surface area contributed by atoms with E-state index < -0.39 is 0 Å². The summed E-state index contributed by atoms with van der Waals surface area (Å²) in [6.07, 6.45) is 0. The third-order valence-electron chi connectivity index (χ3n) is 1.48. The number of hydrogen-bond donors (Lipinski definition) is 0. The molecule has 4 heteroatoms. The topological polar surface area (TPSA) is 29.0 Å². The Kier molecular flexibility index (Phi) is 3.03. The molecule has 0 saturated carbocycles. The van der Waals surface area contributed by atoms with Crippen LogP contribution in [0.25, 0.3) is 0 Å². The molecule has 0 bridgehead atoms. The second kappa shape index (κ2) is 3.85. The standard InChI is InChI=1S/C8H15N3S/c1-6(2)5-11(4)8-9-7(3)10-12-8/h6H,5H2,1-4H3. The van der Waals surface area contributed by atoms with Crippen LogP contribution in [0.3, 0.4) is 0 Å². The highest BCUT2D eigenvalue weighted by molar-refractivity contribution is 7.09. The van der Waals surface area contributed by atoms with Crippen molar-refractivity contribution in [3.8, 4) is 0 Å². The average molecular weight is 185 g/mol. The van der Waals surface area contributed by atoms with Crippen molar-refractivity contribution < 1.29 is 0 Å². The summed E-state index contributed by atoms with van der Waals surface area (Å²) in [6, 6.07) is 0. The molecule has 0 atom stereocenters. The number of nitrogens with zero attached hydrogens (tertiary/aromatic N) is 3. The number of aryl methyl sites for hydroxylation is 1. The van der Waals surface area contributed by atoms with Gasteiger partial charge in [-0.05, 0) is 12.8 Å². The van der Waals surface area contributed by atoms with Crippen LogP contribution in [0.4, 0.5) is 5.13 Å². The maximum Gasteiger partial charge on any atom is 0.204 e. The fourth-order valence-corrected chi connectivity index (χ4v) is 1.71. The Morgan fingerprint density at radius 3 is 2.58 bits per heavy atom. The second-order valence-electron chi connectivity index (χ2n) is 3.40. The van der Waals surface area contributed by atoms with Crippen LogP contribution in [-0.2, 0) is 0 Å². The lowest BCUT2D eigenvalue weighted by molar-refractivity contribution is 0.637. The Balaban J connectivity index is 2.58. The van der Waals surface area contributed by atoms with Gasteiger partial charge in [0.05, 0.1) is 0 Å². The predicted octanol–water partition coefficient (Wildman–Crippen LogP) is 1.94. The molecule has 0 spiro atoms. The van der Waals surface area contributed by atoms with Gasteiger partial charge in [0.2, 0.25) is 5.13 Å². The number of rotatable bonds is 3. The molecule has 12 heavy (non-hydrogen) atoms. The molecular formula is C8H15N3S. The lowest BCUT2D eigenvalue weighted by atomic mass is 10.2. The highest BCUT2D eigenvalue weighted by atomic mass is 32.1. The number of aromatic nitrogens is 2. The Bertz CT molecular complexity index is 244. The zero-order valence-corrected chi connectivity index (χ0v) is 8.85. The van der Waals surface area contributed by atoms with E-state index in [1.54, 1.807) is 0 Å². The Morgan fingerprint density at radius 1 is 1.50 bits per heavy atom. The number of hydrogen-bond acceptors (Lipinski definition) is 4. The van der Waals surface area contributed by atoms with Crippen molar-refractivity contribution in [2.45, 2.75) is 20.8 Å². The molecule has 0 N–H and O–H groups in total. The smallest absolute Gasteiger partial charge is 0.204 e. The molecule has 0 fully saturated rings. The third kappa shape index (κ3) is 2.44. The van der Waals surface area contributed by atoms with E-state index in [1.807, 2.05) is 6.92 Å². The van der Waals surface area contributed by atoms with Gasteiger partial charge in [-0.1, -0.05) is 13.8 Å². The molecule has 3 nitrogen and oxygen atoms in total. The van der Waals surface area contributed by atoms with Crippen LogP contribution in [0.1, 0.15) is 19.7 Å². The molecule has 0 amide bonds. The summed E-state index contributed by atoms with van der Waals surface area (Å²) >= 11 is 1.46. The van der Waals surface area contributed by atoms with Crippen LogP contribution in [0.5, 0.6) is 0 Å². The van der Waals surface area contributed by atoms with Gasteiger partial charge in [-0.15, -0.1) is 0 Å². The number of anilines is 1. The van der Waals surface area contributed by atoms with Gasteiger partial charge < -0.3 is 4.90 Å². The highest BCUT2D eigenvalue weighted by Crippen LogP contribution is 2.15. The first-order valence-electron chi connectivity index (χ1n) is 4.11. The molecule has 0 aliphatic rings. The molecular weight excluding hydrogens is 170 g/mol. The van der Waals surface area contributed by atoms with E-state index >= 15 is 0 Å². The van der Waals surface area contributed by atoms with Gasteiger partial charge in [0, 0.05) is 25.1 Å². The Morgan fingerprint density at radius 2 is 2.17 bits per heavy atom. The van der Waals surface area contributed by atoms with Gasteiger partial charge in [0.15, 0.2) is 0 Å². The summed E-state index contributed by atoms with van der Waals surface area (Å²) in [6.45, 7) is 7.35. The van der Waals surface area contributed by atoms with Gasteiger partial charge in [0.1, 0.15) is 5.82 Å². The summed E-state index contributed by atoms with van der Waals surface area (Å²) in [5.74, 6) is 1.53. The van der Waals surface area contributed by atoms with E-state index in [9.17, 15) is 0 Å². The molecule has 1 heterocycles. The molecule has 68 valence electrons.